The second-order valence-corrected chi connectivity index (χ2v) is 5.91. The van der Waals surface area contributed by atoms with Crippen molar-refractivity contribution in [1.29, 1.82) is 0 Å². The monoisotopic (exact) mass is 395 g/mol. The zero-order chi connectivity index (χ0) is 20.7. The Kier molecular flexibility index (Phi) is 6.97. The second-order valence-electron chi connectivity index (χ2n) is 5.91. The number of amides is 2. The third-order valence-corrected chi connectivity index (χ3v) is 3.76. The maximum atomic E-state index is 12.7. The first-order valence-corrected chi connectivity index (χ1v) is 8.55. The molecule has 150 valence electrons. The number of nitrogens with zero attached hydrogens (tertiary/aromatic N) is 1. The van der Waals surface area contributed by atoms with Crippen molar-refractivity contribution in [2.45, 2.75) is 26.4 Å². The van der Waals surface area contributed by atoms with Crippen LogP contribution in [0.1, 0.15) is 34.8 Å². The number of carbonyl (C=O) groups is 2. The Hall–Kier alpha value is -3.10. The molecule has 0 aliphatic heterocycles. The van der Waals surface area contributed by atoms with E-state index in [-0.39, 0.29) is 30.8 Å². The topological polar surface area (TPSA) is 80.3 Å². The zero-order valence-corrected chi connectivity index (χ0v) is 15.4. The van der Waals surface area contributed by atoms with Gasteiger partial charge in [-0.3, -0.25) is 9.59 Å². The van der Waals surface area contributed by atoms with E-state index in [1.165, 1.54) is 31.3 Å². The fraction of sp³-hybridized carbons (Fsp3) is 0.316. The Morgan fingerprint density at radius 2 is 1.93 bits per heavy atom. The number of nitrogens with one attached hydrogen (secondary N) is 2. The number of aryl methyl sites for hydroxylation is 1. The van der Waals surface area contributed by atoms with Gasteiger partial charge in [-0.25, -0.2) is 4.98 Å². The highest BCUT2D eigenvalue weighted by atomic mass is 19.4. The van der Waals surface area contributed by atoms with Crippen LogP contribution in [0.3, 0.4) is 0 Å². The number of carbonyl (C=O) groups excluding carboxylic acids is 2. The maximum Gasteiger partial charge on any atom is 0.416 e. The number of benzene rings is 1. The van der Waals surface area contributed by atoms with Gasteiger partial charge in [-0.1, -0.05) is 6.92 Å². The number of ether oxygens (including phenoxy) is 1. The van der Waals surface area contributed by atoms with E-state index in [0.717, 1.165) is 12.1 Å². The fourth-order valence-electron chi connectivity index (χ4n) is 2.29. The minimum absolute atomic E-state index is 0.0858. The Balaban J connectivity index is 1.86. The molecule has 0 spiro atoms. The van der Waals surface area contributed by atoms with Crippen molar-refractivity contribution in [3.63, 3.8) is 0 Å². The van der Waals surface area contributed by atoms with Crippen LogP contribution in [0.5, 0.6) is 5.75 Å². The molecule has 0 fully saturated rings. The predicted octanol–water partition coefficient (Wildman–Crippen LogP) is 3.57. The molecule has 28 heavy (non-hydrogen) atoms. The number of anilines is 1. The summed E-state index contributed by atoms with van der Waals surface area (Å²) in [6.07, 6.45) is -2.71. The van der Waals surface area contributed by atoms with E-state index in [9.17, 15) is 22.8 Å². The highest BCUT2D eigenvalue weighted by molar-refractivity contribution is 5.96. The lowest BCUT2D eigenvalue weighted by molar-refractivity contribution is -0.137. The van der Waals surface area contributed by atoms with Gasteiger partial charge in [0.15, 0.2) is 0 Å². The van der Waals surface area contributed by atoms with Crippen molar-refractivity contribution in [2.24, 2.45) is 0 Å². The van der Waals surface area contributed by atoms with Gasteiger partial charge in [-0.2, -0.15) is 13.2 Å². The van der Waals surface area contributed by atoms with Gasteiger partial charge in [0.05, 0.1) is 12.1 Å². The molecule has 2 N–H and O–H groups in total. The first-order valence-electron chi connectivity index (χ1n) is 8.55. The molecule has 0 aliphatic rings. The maximum absolute atomic E-state index is 12.7. The number of aromatic nitrogens is 1. The molecule has 0 saturated carbocycles. The highest BCUT2D eigenvalue weighted by Crippen LogP contribution is 2.32. The minimum atomic E-state index is -4.41. The van der Waals surface area contributed by atoms with Gasteiger partial charge in [0.2, 0.25) is 5.91 Å². The van der Waals surface area contributed by atoms with Gasteiger partial charge in [0, 0.05) is 18.2 Å². The third-order valence-electron chi connectivity index (χ3n) is 3.76. The molecule has 2 amide bonds. The van der Waals surface area contributed by atoms with E-state index < -0.39 is 11.7 Å². The first kappa shape index (κ1) is 21.2. The fourth-order valence-corrected chi connectivity index (χ4v) is 2.29. The van der Waals surface area contributed by atoms with E-state index >= 15 is 0 Å². The lowest BCUT2D eigenvalue weighted by Gasteiger charge is -2.13. The summed E-state index contributed by atoms with van der Waals surface area (Å²) in [5.74, 6) is -0.0145. The van der Waals surface area contributed by atoms with Crippen LogP contribution in [0.2, 0.25) is 0 Å². The Labute approximate surface area is 160 Å². The predicted molar refractivity (Wildman–Crippen MR) is 97.2 cm³/mol. The second kappa shape index (κ2) is 9.20. The van der Waals surface area contributed by atoms with Crippen molar-refractivity contribution in [2.75, 3.05) is 18.5 Å². The molecule has 0 saturated heterocycles. The SMILES string of the molecule is CCC(=O)Nc1cc(C(=O)NCCOc2ccc(C(F)(F)F)cc2C)ccn1. The van der Waals surface area contributed by atoms with Gasteiger partial charge in [0.1, 0.15) is 18.2 Å². The average Bonchev–Trinajstić information content (AvgIpc) is 2.65. The van der Waals surface area contributed by atoms with Crippen LogP contribution in [-0.2, 0) is 11.0 Å². The summed E-state index contributed by atoms with van der Waals surface area (Å²) in [6, 6.07) is 6.16. The molecule has 1 aromatic heterocycles. The van der Waals surface area contributed by atoms with E-state index in [2.05, 4.69) is 15.6 Å². The molecule has 2 aromatic rings. The number of hydrogen-bond donors (Lipinski definition) is 2. The van der Waals surface area contributed by atoms with E-state index in [1.54, 1.807) is 6.92 Å². The van der Waals surface area contributed by atoms with Crippen molar-refractivity contribution >= 4 is 17.6 Å². The summed E-state index contributed by atoms with van der Waals surface area (Å²) >= 11 is 0. The normalized spacial score (nSPS) is 11.0. The van der Waals surface area contributed by atoms with Gasteiger partial charge in [-0.15, -0.1) is 0 Å². The minimum Gasteiger partial charge on any atom is -0.491 e. The highest BCUT2D eigenvalue weighted by Gasteiger charge is 2.30. The third kappa shape index (κ3) is 5.97. The number of pyridine rings is 1. The smallest absolute Gasteiger partial charge is 0.416 e. The zero-order valence-electron chi connectivity index (χ0n) is 15.4. The van der Waals surface area contributed by atoms with Crippen LogP contribution < -0.4 is 15.4 Å². The Bertz CT molecular complexity index is 854. The van der Waals surface area contributed by atoms with E-state index in [1.807, 2.05) is 0 Å². The van der Waals surface area contributed by atoms with Crippen molar-refractivity contribution in [1.82, 2.24) is 10.3 Å². The molecule has 0 unspecified atom stereocenters. The molecule has 1 heterocycles. The largest absolute Gasteiger partial charge is 0.491 e. The van der Waals surface area contributed by atoms with Crippen molar-refractivity contribution in [3.8, 4) is 5.75 Å². The van der Waals surface area contributed by atoms with Gasteiger partial charge in [-0.05, 0) is 42.8 Å². The van der Waals surface area contributed by atoms with Crippen LogP contribution in [-0.4, -0.2) is 29.9 Å². The molecular formula is C19H20F3N3O3. The van der Waals surface area contributed by atoms with Crippen LogP contribution in [0, 0.1) is 6.92 Å². The molecular weight excluding hydrogens is 375 g/mol. The lowest BCUT2D eigenvalue weighted by atomic mass is 10.1. The van der Waals surface area contributed by atoms with E-state index in [4.69, 9.17) is 4.74 Å². The van der Waals surface area contributed by atoms with E-state index in [0.29, 0.717) is 23.3 Å². The number of hydrogen-bond acceptors (Lipinski definition) is 4. The van der Waals surface area contributed by atoms with Gasteiger partial charge < -0.3 is 15.4 Å². The Morgan fingerprint density at radius 3 is 2.57 bits per heavy atom. The van der Waals surface area contributed by atoms with Gasteiger partial charge >= 0.3 is 6.18 Å². The molecule has 1 aromatic carbocycles. The average molecular weight is 395 g/mol. The molecule has 9 heteroatoms. The van der Waals surface area contributed by atoms with Crippen LogP contribution in [0.15, 0.2) is 36.5 Å². The standard InChI is InChI=1S/C19H20F3N3O3/c1-3-17(26)25-16-11-13(6-7-23-16)18(27)24-8-9-28-15-5-4-14(10-12(15)2)19(20,21)22/h4-7,10-11H,3,8-9H2,1-2H3,(H,24,27)(H,23,25,26). The van der Waals surface area contributed by atoms with Gasteiger partial charge in [0.25, 0.3) is 5.91 Å². The molecule has 0 bridgehead atoms. The van der Waals surface area contributed by atoms with Crippen LogP contribution in [0.25, 0.3) is 0 Å². The van der Waals surface area contributed by atoms with Crippen molar-refractivity contribution < 1.29 is 27.5 Å². The van der Waals surface area contributed by atoms with Crippen molar-refractivity contribution in [3.05, 3.63) is 53.2 Å². The number of halogens is 3. The molecule has 0 atom stereocenters. The molecule has 6 nitrogen and oxygen atoms in total. The number of rotatable bonds is 7. The summed E-state index contributed by atoms with van der Waals surface area (Å²) < 4.78 is 43.4. The molecule has 0 radical (unpaired) electrons. The molecule has 0 aliphatic carbocycles. The number of alkyl halides is 3. The van der Waals surface area contributed by atoms with Crippen LogP contribution in [0.4, 0.5) is 19.0 Å². The summed E-state index contributed by atoms with van der Waals surface area (Å²) in [6.45, 7) is 3.46. The summed E-state index contributed by atoms with van der Waals surface area (Å²) in [4.78, 5) is 27.5. The molecule has 2 rings (SSSR count). The summed E-state index contributed by atoms with van der Waals surface area (Å²) in [5.41, 5.74) is -0.0759. The quantitative estimate of drug-likeness (QED) is 0.703. The summed E-state index contributed by atoms with van der Waals surface area (Å²) in [5, 5.41) is 5.20. The summed E-state index contributed by atoms with van der Waals surface area (Å²) in [7, 11) is 0. The lowest BCUT2D eigenvalue weighted by Crippen LogP contribution is -2.28. The first-order chi connectivity index (χ1) is 13.2. The Morgan fingerprint density at radius 1 is 1.18 bits per heavy atom. The van der Waals surface area contributed by atoms with Crippen LogP contribution >= 0.6 is 0 Å².